The molecule has 1 aromatic carbocycles. The van der Waals surface area contributed by atoms with E-state index in [1.807, 2.05) is 45.0 Å². The van der Waals surface area contributed by atoms with Gasteiger partial charge in [-0.2, -0.15) is 0 Å². The topological polar surface area (TPSA) is 67.4 Å². The molecule has 0 heterocycles. The highest BCUT2D eigenvalue weighted by atomic mass is 16.5. The summed E-state index contributed by atoms with van der Waals surface area (Å²) in [7, 11) is 0. The summed E-state index contributed by atoms with van der Waals surface area (Å²) >= 11 is 0. The number of benzene rings is 1. The molecule has 0 saturated heterocycles. The molecule has 5 nitrogen and oxygen atoms in total. The number of ether oxygens (including phenoxy) is 1. The summed E-state index contributed by atoms with van der Waals surface area (Å²) < 4.78 is 5.36. The largest absolute Gasteiger partial charge is 0.494 e. The second kappa shape index (κ2) is 10.6. The van der Waals surface area contributed by atoms with E-state index in [9.17, 15) is 9.59 Å². The third-order valence-corrected chi connectivity index (χ3v) is 3.70. The number of amides is 2. The minimum Gasteiger partial charge on any atom is -0.494 e. The van der Waals surface area contributed by atoms with Gasteiger partial charge < -0.3 is 15.4 Å². The van der Waals surface area contributed by atoms with Crippen LogP contribution in [-0.2, 0) is 16.0 Å². The van der Waals surface area contributed by atoms with Gasteiger partial charge in [0.05, 0.1) is 13.0 Å². The third kappa shape index (κ3) is 7.17. The molecule has 0 aliphatic heterocycles. The SMILES string of the molecule is CCOc1ccc(CC(=O)NCCNC(=O)C(CC)CC)cc1. The van der Waals surface area contributed by atoms with Gasteiger partial charge in [0, 0.05) is 19.0 Å². The number of carbonyl (C=O) groups is 2. The predicted molar refractivity (Wildman–Crippen MR) is 91.4 cm³/mol. The first kappa shape index (κ1) is 19.0. The van der Waals surface area contributed by atoms with Gasteiger partial charge in [-0.25, -0.2) is 0 Å². The first-order valence-corrected chi connectivity index (χ1v) is 8.36. The van der Waals surface area contributed by atoms with Crippen molar-refractivity contribution >= 4 is 11.8 Å². The van der Waals surface area contributed by atoms with Crippen LogP contribution in [-0.4, -0.2) is 31.5 Å². The van der Waals surface area contributed by atoms with Gasteiger partial charge in [0.2, 0.25) is 11.8 Å². The molecule has 0 saturated carbocycles. The molecule has 0 atom stereocenters. The van der Waals surface area contributed by atoms with E-state index >= 15 is 0 Å². The average molecular weight is 320 g/mol. The highest BCUT2D eigenvalue weighted by molar-refractivity contribution is 5.79. The normalized spacial score (nSPS) is 10.4. The Morgan fingerprint density at radius 3 is 2.17 bits per heavy atom. The molecular formula is C18H28N2O3. The fourth-order valence-corrected chi connectivity index (χ4v) is 2.31. The van der Waals surface area contributed by atoms with E-state index in [-0.39, 0.29) is 17.7 Å². The van der Waals surface area contributed by atoms with Crippen molar-refractivity contribution in [1.29, 1.82) is 0 Å². The van der Waals surface area contributed by atoms with Crippen LogP contribution >= 0.6 is 0 Å². The van der Waals surface area contributed by atoms with Crippen molar-refractivity contribution in [3.05, 3.63) is 29.8 Å². The van der Waals surface area contributed by atoms with E-state index < -0.39 is 0 Å². The average Bonchev–Trinajstić information content (AvgIpc) is 2.55. The molecule has 23 heavy (non-hydrogen) atoms. The quantitative estimate of drug-likeness (QED) is 0.650. The van der Waals surface area contributed by atoms with Crippen LogP contribution in [0.25, 0.3) is 0 Å². The smallest absolute Gasteiger partial charge is 0.224 e. The maximum absolute atomic E-state index is 11.9. The first-order valence-electron chi connectivity index (χ1n) is 8.36. The van der Waals surface area contributed by atoms with Crippen molar-refractivity contribution in [3.63, 3.8) is 0 Å². The zero-order valence-electron chi connectivity index (χ0n) is 14.4. The maximum Gasteiger partial charge on any atom is 0.224 e. The van der Waals surface area contributed by atoms with Gasteiger partial charge in [0.1, 0.15) is 5.75 Å². The monoisotopic (exact) mass is 320 g/mol. The van der Waals surface area contributed by atoms with Crippen LogP contribution < -0.4 is 15.4 Å². The second-order valence-corrected chi connectivity index (χ2v) is 5.41. The van der Waals surface area contributed by atoms with Crippen LogP contribution in [0.2, 0.25) is 0 Å². The minimum atomic E-state index is -0.0501. The van der Waals surface area contributed by atoms with Gasteiger partial charge in [0.15, 0.2) is 0 Å². The van der Waals surface area contributed by atoms with Gasteiger partial charge in [-0.15, -0.1) is 0 Å². The Kier molecular flexibility index (Phi) is 8.80. The molecule has 0 radical (unpaired) electrons. The highest BCUT2D eigenvalue weighted by Gasteiger charge is 2.13. The van der Waals surface area contributed by atoms with E-state index in [0.29, 0.717) is 26.1 Å². The van der Waals surface area contributed by atoms with Gasteiger partial charge in [-0.1, -0.05) is 26.0 Å². The zero-order chi connectivity index (χ0) is 17.1. The Bertz CT molecular complexity index is 482. The van der Waals surface area contributed by atoms with Crippen molar-refractivity contribution < 1.29 is 14.3 Å². The Labute approximate surface area is 138 Å². The molecule has 0 fully saturated rings. The molecule has 0 bridgehead atoms. The number of hydrogen-bond donors (Lipinski definition) is 2. The zero-order valence-corrected chi connectivity index (χ0v) is 14.4. The fourth-order valence-electron chi connectivity index (χ4n) is 2.31. The minimum absolute atomic E-state index is 0.0501. The first-order chi connectivity index (χ1) is 11.1. The highest BCUT2D eigenvalue weighted by Crippen LogP contribution is 2.12. The summed E-state index contributed by atoms with van der Waals surface area (Å²) in [5.41, 5.74) is 0.937. The molecule has 1 rings (SSSR count). The van der Waals surface area contributed by atoms with Crippen LogP contribution in [0.15, 0.2) is 24.3 Å². The predicted octanol–water partition coefficient (Wildman–Crippen LogP) is 2.30. The lowest BCUT2D eigenvalue weighted by Gasteiger charge is -2.13. The van der Waals surface area contributed by atoms with Crippen LogP contribution in [0.1, 0.15) is 39.2 Å². The number of nitrogens with one attached hydrogen (secondary N) is 2. The van der Waals surface area contributed by atoms with Crippen molar-refractivity contribution in [2.45, 2.75) is 40.0 Å². The van der Waals surface area contributed by atoms with Crippen molar-refractivity contribution in [2.24, 2.45) is 5.92 Å². The van der Waals surface area contributed by atoms with Crippen LogP contribution in [0, 0.1) is 5.92 Å². The molecule has 0 aliphatic carbocycles. The van der Waals surface area contributed by atoms with Gasteiger partial charge in [-0.3, -0.25) is 9.59 Å². The Hall–Kier alpha value is -2.04. The molecule has 2 amide bonds. The molecule has 1 aromatic rings. The lowest BCUT2D eigenvalue weighted by molar-refractivity contribution is -0.125. The van der Waals surface area contributed by atoms with E-state index in [0.717, 1.165) is 24.2 Å². The lowest BCUT2D eigenvalue weighted by Crippen LogP contribution is -2.37. The molecule has 128 valence electrons. The van der Waals surface area contributed by atoms with E-state index in [1.165, 1.54) is 0 Å². The maximum atomic E-state index is 11.9. The molecule has 5 heteroatoms. The molecule has 0 unspecified atom stereocenters. The summed E-state index contributed by atoms with van der Waals surface area (Å²) in [6.07, 6.45) is 2.01. The summed E-state index contributed by atoms with van der Waals surface area (Å²) in [5.74, 6) is 0.886. The third-order valence-electron chi connectivity index (χ3n) is 3.70. The molecular weight excluding hydrogens is 292 g/mol. The summed E-state index contributed by atoms with van der Waals surface area (Å²) in [6.45, 7) is 7.48. The Balaban J connectivity index is 2.25. The standard InChI is InChI=1S/C18H28N2O3/c1-4-15(5-2)18(22)20-12-11-19-17(21)13-14-7-9-16(10-8-14)23-6-3/h7-10,15H,4-6,11-13H2,1-3H3,(H,19,21)(H,20,22). The van der Waals surface area contributed by atoms with E-state index in [4.69, 9.17) is 4.74 Å². The number of rotatable bonds is 10. The summed E-state index contributed by atoms with van der Waals surface area (Å²) in [6, 6.07) is 7.50. The molecule has 0 aliphatic rings. The van der Waals surface area contributed by atoms with E-state index in [2.05, 4.69) is 10.6 Å². The van der Waals surface area contributed by atoms with E-state index in [1.54, 1.807) is 0 Å². The second-order valence-electron chi connectivity index (χ2n) is 5.41. The van der Waals surface area contributed by atoms with Crippen molar-refractivity contribution in [1.82, 2.24) is 10.6 Å². The molecule has 0 aromatic heterocycles. The van der Waals surface area contributed by atoms with Crippen LogP contribution in [0.3, 0.4) is 0 Å². The van der Waals surface area contributed by atoms with Crippen molar-refractivity contribution in [2.75, 3.05) is 19.7 Å². The Morgan fingerprint density at radius 2 is 1.61 bits per heavy atom. The summed E-state index contributed by atoms with van der Waals surface area (Å²) in [5, 5.41) is 5.67. The number of carbonyl (C=O) groups excluding carboxylic acids is 2. The molecule has 2 N–H and O–H groups in total. The van der Waals surface area contributed by atoms with Gasteiger partial charge in [0.25, 0.3) is 0 Å². The lowest BCUT2D eigenvalue weighted by atomic mass is 10.0. The fraction of sp³-hybridized carbons (Fsp3) is 0.556. The van der Waals surface area contributed by atoms with Crippen molar-refractivity contribution in [3.8, 4) is 5.75 Å². The Morgan fingerprint density at radius 1 is 1.00 bits per heavy atom. The van der Waals surface area contributed by atoms with Crippen LogP contribution in [0.5, 0.6) is 5.75 Å². The number of hydrogen-bond acceptors (Lipinski definition) is 3. The van der Waals surface area contributed by atoms with Crippen LogP contribution in [0.4, 0.5) is 0 Å². The summed E-state index contributed by atoms with van der Waals surface area (Å²) in [4.78, 5) is 23.6. The molecule has 0 spiro atoms. The van der Waals surface area contributed by atoms with Gasteiger partial charge in [-0.05, 0) is 37.5 Å². The van der Waals surface area contributed by atoms with Gasteiger partial charge >= 0.3 is 0 Å².